The molecule has 3 aromatic carbocycles. The molecule has 0 radical (unpaired) electrons. The Balaban J connectivity index is 2.16. The molecule has 172 valence electrons. The van der Waals surface area contributed by atoms with E-state index in [2.05, 4.69) is 15.4 Å². The summed E-state index contributed by atoms with van der Waals surface area (Å²) < 4.78 is 28.7. The van der Waals surface area contributed by atoms with Gasteiger partial charge in [-0.3, -0.25) is 4.72 Å². The van der Waals surface area contributed by atoms with Gasteiger partial charge in [-0.2, -0.15) is 0 Å². The highest BCUT2D eigenvalue weighted by atomic mass is 32.2. The van der Waals surface area contributed by atoms with E-state index in [1.54, 1.807) is 48.6 Å². The van der Waals surface area contributed by atoms with Crippen molar-refractivity contribution in [2.24, 2.45) is 0 Å². The molecule has 3 rings (SSSR count). The minimum atomic E-state index is -4.22. The predicted molar refractivity (Wildman–Crippen MR) is 133 cm³/mol. The van der Waals surface area contributed by atoms with Crippen LogP contribution in [-0.4, -0.2) is 26.0 Å². The fourth-order valence-corrected chi connectivity index (χ4v) is 4.30. The van der Waals surface area contributed by atoms with E-state index in [1.165, 1.54) is 12.1 Å². The lowest BCUT2D eigenvalue weighted by Gasteiger charge is -2.21. The summed E-state index contributed by atoms with van der Waals surface area (Å²) in [5, 5.41) is 16.0. The van der Waals surface area contributed by atoms with Gasteiger partial charge in [-0.05, 0) is 49.4 Å². The van der Waals surface area contributed by atoms with E-state index in [9.17, 15) is 18.3 Å². The Labute approximate surface area is 192 Å². The second-order valence-corrected chi connectivity index (χ2v) is 8.71. The molecular weight excluding hydrogens is 442 g/mol. The van der Waals surface area contributed by atoms with Crippen LogP contribution in [0.25, 0.3) is 0 Å². The van der Waals surface area contributed by atoms with Gasteiger partial charge in [0.05, 0.1) is 22.6 Å². The Morgan fingerprint density at radius 3 is 2.27 bits per heavy atom. The number of hydrogen-bond donors (Lipinski definition) is 6. The van der Waals surface area contributed by atoms with Gasteiger partial charge in [0.2, 0.25) is 0 Å². The van der Waals surface area contributed by atoms with Gasteiger partial charge in [0.15, 0.2) is 0 Å². The van der Waals surface area contributed by atoms with Crippen LogP contribution in [0.2, 0.25) is 0 Å². The standard InChI is InChI=1S/C23H25N5O4S/c1-2-3-13-26-22-20(25)19(33(31,32)28-17-11-9-15(24)10-12-17)14-18(23(29)30)21(22)27-16-7-5-4-6-8-16/h2-12,14,26-28H,13,24-25H2,1H3,(H,29,30). The zero-order valence-corrected chi connectivity index (χ0v) is 18.7. The number of rotatable bonds is 9. The lowest BCUT2D eigenvalue weighted by Crippen LogP contribution is -2.19. The molecule has 33 heavy (non-hydrogen) atoms. The van der Waals surface area contributed by atoms with Gasteiger partial charge in [0.25, 0.3) is 10.0 Å². The number of nitrogens with two attached hydrogens (primary N) is 2. The van der Waals surface area contributed by atoms with Gasteiger partial charge in [-0.15, -0.1) is 0 Å². The van der Waals surface area contributed by atoms with E-state index in [-0.39, 0.29) is 33.2 Å². The smallest absolute Gasteiger partial charge is 0.337 e. The number of benzene rings is 3. The van der Waals surface area contributed by atoms with Crippen LogP contribution in [0.1, 0.15) is 17.3 Å². The van der Waals surface area contributed by atoms with Crippen LogP contribution in [0, 0.1) is 0 Å². The van der Waals surface area contributed by atoms with Crippen LogP contribution in [0.15, 0.2) is 77.7 Å². The molecule has 0 atom stereocenters. The summed E-state index contributed by atoms with van der Waals surface area (Å²) in [6.07, 6.45) is 3.59. The largest absolute Gasteiger partial charge is 0.478 e. The second kappa shape index (κ2) is 9.96. The number of aromatic carboxylic acids is 1. The van der Waals surface area contributed by atoms with Crippen molar-refractivity contribution in [3.05, 3.63) is 78.4 Å². The van der Waals surface area contributed by atoms with Crippen molar-refractivity contribution in [3.63, 3.8) is 0 Å². The van der Waals surface area contributed by atoms with Gasteiger partial charge in [-0.1, -0.05) is 30.4 Å². The number of para-hydroxylation sites is 1. The van der Waals surface area contributed by atoms with Crippen molar-refractivity contribution in [2.45, 2.75) is 11.8 Å². The van der Waals surface area contributed by atoms with Crippen LogP contribution in [-0.2, 0) is 10.0 Å². The first kappa shape index (κ1) is 23.5. The summed E-state index contributed by atoms with van der Waals surface area (Å²) in [7, 11) is -4.22. The van der Waals surface area contributed by atoms with Crippen LogP contribution >= 0.6 is 0 Å². The summed E-state index contributed by atoms with van der Waals surface area (Å²) in [5.41, 5.74) is 13.2. The van der Waals surface area contributed by atoms with Crippen molar-refractivity contribution >= 4 is 50.1 Å². The van der Waals surface area contributed by atoms with Gasteiger partial charge >= 0.3 is 5.97 Å². The highest BCUT2D eigenvalue weighted by Crippen LogP contribution is 2.39. The summed E-state index contributed by atoms with van der Waals surface area (Å²) >= 11 is 0. The SMILES string of the molecule is CC=CCNc1c(N)c(S(=O)(=O)Nc2ccc(N)cc2)cc(C(=O)O)c1Nc1ccccc1. The Bertz CT molecular complexity index is 1270. The number of sulfonamides is 1. The Kier molecular flexibility index (Phi) is 7.09. The maximum absolute atomic E-state index is 13.2. The van der Waals surface area contributed by atoms with Crippen molar-refractivity contribution < 1.29 is 18.3 Å². The average Bonchev–Trinajstić information content (AvgIpc) is 2.77. The van der Waals surface area contributed by atoms with Crippen LogP contribution < -0.4 is 26.8 Å². The monoisotopic (exact) mass is 467 g/mol. The second-order valence-electron chi connectivity index (χ2n) is 7.06. The molecule has 10 heteroatoms. The third kappa shape index (κ3) is 5.55. The van der Waals surface area contributed by atoms with Gasteiger partial charge in [0.1, 0.15) is 4.90 Å². The Hall–Kier alpha value is -4.18. The average molecular weight is 468 g/mol. The number of carboxylic acids is 1. The third-order valence-electron chi connectivity index (χ3n) is 4.69. The number of nitrogen functional groups attached to an aromatic ring is 2. The van der Waals surface area contributed by atoms with E-state index in [0.29, 0.717) is 17.9 Å². The number of anilines is 6. The first-order valence-corrected chi connectivity index (χ1v) is 11.5. The minimum absolute atomic E-state index is 0.120. The predicted octanol–water partition coefficient (Wildman–Crippen LogP) is 4.08. The molecule has 9 nitrogen and oxygen atoms in total. The molecule has 0 saturated carbocycles. The maximum atomic E-state index is 13.2. The summed E-state index contributed by atoms with van der Waals surface area (Å²) in [6.45, 7) is 2.13. The minimum Gasteiger partial charge on any atom is -0.478 e. The van der Waals surface area contributed by atoms with Gasteiger partial charge in [0, 0.05) is 23.6 Å². The van der Waals surface area contributed by atoms with Gasteiger partial charge < -0.3 is 27.2 Å². The van der Waals surface area contributed by atoms with E-state index >= 15 is 0 Å². The molecule has 0 spiro atoms. The van der Waals surface area contributed by atoms with Crippen molar-refractivity contribution in [3.8, 4) is 0 Å². The lowest BCUT2D eigenvalue weighted by molar-refractivity contribution is 0.0698. The zero-order chi connectivity index (χ0) is 24.0. The van der Waals surface area contributed by atoms with E-state index < -0.39 is 16.0 Å². The normalized spacial score (nSPS) is 11.3. The molecule has 0 amide bonds. The molecule has 0 aliphatic carbocycles. The van der Waals surface area contributed by atoms with E-state index in [0.717, 1.165) is 6.07 Å². The highest BCUT2D eigenvalue weighted by Gasteiger charge is 2.27. The number of nitrogens with one attached hydrogen (secondary N) is 3. The van der Waals surface area contributed by atoms with Crippen LogP contribution in [0.3, 0.4) is 0 Å². The van der Waals surface area contributed by atoms with E-state index in [4.69, 9.17) is 11.5 Å². The third-order valence-corrected chi connectivity index (χ3v) is 6.11. The molecule has 0 fully saturated rings. The topological polar surface area (TPSA) is 160 Å². The molecule has 3 aromatic rings. The van der Waals surface area contributed by atoms with E-state index in [1.807, 2.05) is 13.0 Å². The van der Waals surface area contributed by atoms with Crippen molar-refractivity contribution in [1.82, 2.24) is 0 Å². The lowest BCUT2D eigenvalue weighted by atomic mass is 10.1. The number of hydrogen-bond acceptors (Lipinski definition) is 7. The zero-order valence-electron chi connectivity index (χ0n) is 17.9. The summed E-state index contributed by atoms with van der Waals surface area (Å²) in [4.78, 5) is 11.8. The summed E-state index contributed by atoms with van der Waals surface area (Å²) in [5.74, 6) is -1.31. The van der Waals surface area contributed by atoms with Crippen molar-refractivity contribution in [1.29, 1.82) is 0 Å². The number of carboxylic acid groups (broad SMARTS) is 1. The van der Waals surface area contributed by atoms with Gasteiger partial charge in [-0.25, -0.2) is 13.2 Å². The first-order chi connectivity index (χ1) is 15.7. The molecule has 0 aromatic heterocycles. The molecule has 8 N–H and O–H groups in total. The molecule has 0 saturated heterocycles. The van der Waals surface area contributed by atoms with Crippen LogP contribution in [0.4, 0.5) is 34.1 Å². The molecular formula is C23H25N5O4S. The summed E-state index contributed by atoms with van der Waals surface area (Å²) in [6, 6.07) is 16.0. The van der Waals surface area contributed by atoms with Crippen molar-refractivity contribution in [2.75, 3.05) is 33.4 Å². The Morgan fingerprint density at radius 1 is 1.00 bits per heavy atom. The number of allylic oxidation sites excluding steroid dienone is 1. The Morgan fingerprint density at radius 2 is 1.67 bits per heavy atom. The highest BCUT2D eigenvalue weighted by molar-refractivity contribution is 7.92. The molecule has 0 aliphatic heterocycles. The maximum Gasteiger partial charge on any atom is 0.337 e. The first-order valence-electron chi connectivity index (χ1n) is 9.98. The fourth-order valence-electron chi connectivity index (χ4n) is 3.08. The van der Waals surface area contributed by atoms with Crippen LogP contribution in [0.5, 0.6) is 0 Å². The molecule has 0 heterocycles. The molecule has 0 unspecified atom stereocenters. The number of carbonyl (C=O) groups is 1. The fraction of sp³-hybridized carbons (Fsp3) is 0.0870. The molecule has 0 aliphatic rings. The molecule has 0 bridgehead atoms. The quantitative estimate of drug-likeness (QED) is 0.203.